The maximum absolute atomic E-state index is 13.6. The van der Waals surface area contributed by atoms with E-state index in [1.54, 1.807) is 20.0 Å². The summed E-state index contributed by atoms with van der Waals surface area (Å²) in [7, 11) is 1.58. The van der Waals surface area contributed by atoms with Crippen molar-refractivity contribution < 1.29 is 22.3 Å². The maximum Gasteiger partial charge on any atom is 0.411 e. The van der Waals surface area contributed by atoms with Crippen molar-refractivity contribution in [2.75, 3.05) is 26.8 Å². The zero-order valence-electron chi connectivity index (χ0n) is 14.4. The quantitative estimate of drug-likeness (QED) is 0.206. The Morgan fingerprint density at radius 3 is 2.56 bits per heavy atom. The molecule has 1 atom stereocenters. The second-order valence-corrected chi connectivity index (χ2v) is 5.39. The smallest absolute Gasteiger partial charge is 0.372 e. The summed E-state index contributed by atoms with van der Waals surface area (Å²) < 4.78 is 53.8. The van der Waals surface area contributed by atoms with E-state index in [4.69, 9.17) is 0 Å². The van der Waals surface area contributed by atoms with Gasteiger partial charge in [0, 0.05) is 20.2 Å². The number of nitrogens with zero attached hydrogens (tertiary/aromatic N) is 1. The molecule has 25 heavy (non-hydrogen) atoms. The summed E-state index contributed by atoms with van der Waals surface area (Å²) in [6.45, 7) is 2.73. The van der Waals surface area contributed by atoms with E-state index in [0.717, 1.165) is 5.56 Å². The minimum Gasteiger partial charge on any atom is -0.372 e. The Kier molecular flexibility index (Phi) is 11.0. The number of nitrogens with one attached hydrogen (secondary N) is 2. The lowest BCUT2D eigenvalue weighted by Crippen LogP contribution is -2.39. The molecule has 2 N–H and O–H groups in total. The number of hydrogen-bond donors (Lipinski definition) is 2. The van der Waals surface area contributed by atoms with E-state index >= 15 is 0 Å². The number of alkyl halides is 3. The highest BCUT2D eigenvalue weighted by atomic mass is 127. The van der Waals surface area contributed by atoms with Gasteiger partial charge in [0.05, 0.1) is 6.04 Å². The second kappa shape index (κ2) is 11.5. The zero-order valence-corrected chi connectivity index (χ0v) is 16.7. The summed E-state index contributed by atoms with van der Waals surface area (Å²) in [6.07, 6.45) is -3.89. The van der Waals surface area contributed by atoms with Gasteiger partial charge in [0.15, 0.2) is 5.96 Å². The number of halogens is 5. The Balaban J connectivity index is 0.00000576. The first kappa shape index (κ1) is 23.9. The Hall–Kier alpha value is -1.10. The first-order chi connectivity index (χ1) is 11.2. The molecule has 0 bridgehead atoms. The van der Waals surface area contributed by atoms with E-state index in [1.165, 1.54) is 6.07 Å². The molecule has 9 heteroatoms. The van der Waals surface area contributed by atoms with Crippen LogP contribution < -0.4 is 10.6 Å². The van der Waals surface area contributed by atoms with Gasteiger partial charge in [-0.05, 0) is 37.5 Å². The van der Waals surface area contributed by atoms with Crippen LogP contribution in [0.3, 0.4) is 0 Å². The lowest BCUT2D eigenvalue weighted by Gasteiger charge is -2.18. The van der Waals surface area contributed by atoms with Crippen LogP contribution in [0.2, 0.25) is 0 Å². The van der Waals surface area contributed by atoms with E-state index in [2.05, 4.69) is 20.4 Å². The van der Waals surface area contributed by atoms with Crippen molar-refractivity contribution in [1.82, 2.24) is 10.6 Å². The summed E-state index contributed by atoms with van der Waals surface area (Å²) in [4.78, 5) is 4.03. The summed E-state index contributed by atoms with van der Waals surface area (Å²) in [5.41, 5.74) is 1.35. The van der Waals surface area contributed by atoms with Crippen LogP contribution in [0, 0.1) is 12.7 Å². The first-order valence-electron chi connectivity index (χ1n) is 7.60. The maximum atomic E-state index is 13.6. The van der Waals surface area contributed by atoms with Crippen LogP contribution in [0.15, 0.2) is 23.2 Å². The van der Waals surface area contributed by atoms with Gasteiger partial charge in [-0.1, -0.05) is 12.1 Å². The summed E-state index contributed by atoms with van der Waals surface area (Å²) in [5.74, 6) is 0.213. The van der Waals surface area contributed by atoms with Crippen LogP contribution in [0.1, 0.15) is 30.5 Å². The van der Waals surface area contributed by atoms with Gasteiger partial charge in [0.2, 0.25) is 0 Å². The standard InChI is InChI=1S/C16H23F4N3O.HI/c1-11-5-6-13(9-14(11)17)12(2)23-15(21-3)22-7-4-8-24-10-16(18,19)20;/h5-6,9,12H,4,7-8,10H2,1-3H3,(H2,21,22,23);1H. The van der Waals surface area contributed by atoms with Gasteiger partial charge >= 0.3 is 6.18 Å². The largest absolute Gasteiger partial charge is 0.411 e. The van der Waals surface area contributed by atoms with Crippen LogP contribution in [0.25, 0.3) is 0 Å². The molecule has 1 unspecified atom stereocenters. The summed E-state index contributed by atoms with van der Waals surface area (Å²) in [6, 6.07) is 4.82. The molecule has 1 aromatic carbocycles. The molecule has 1 rings (SSSR count). The minimum atomic E-state index is -4.30. The SMILES string of the molecule is CN=C(NCCCOCC(F)(F)F)NC(C)c1ccc(C)c(F)c1.I. The van der Waals surface area contributed by atoms with Crippen LogP contribution in [-0.4, -0.2) is 38.9 Å². The Morgan fingerprint density at radius 1 is 1.32 bits per heavy atom. The molecule has 0 spiro atoms. The van der Waals surface area contributed by atoms with Gasteiger partial charge in [0.1, 0.15) is 12.4 Å². The third kappa shape index (κ3) is 9.83. The molecule has 0 aliphatic carbocycles. The average molecular weight is 477 g/mol. The van der Waals surface area contributed by atoms with Crippen LogP contribution in [0.5, 0.6) is 0 Å². The fourth-order valence-electron chi connectivity index (χ4n) is 1.93. The van der Waals surface area contributed by atoms with Gasteiger partial charge in [0.25, 0.3) is 0 Å². The molecule has 0 radical (unpaired) electrons. The van der Waals surface area contributed by atoms with E-state index in [-0.39, 0.29) is 42.4 Å². The first-order valence-corrected chi connectivity index (χ1v) is 7.60. The minimum absolute atomic E-state index is 0. The van der Waals surface area contributed by atoms with E-state index in [9.17, 15) is 17.6 Å². The molecule has 0 saturated heterocycles. The Morgan fingerprint density at radius 2 is 2.00 bits per heavy atom. The number of hydrogen-bond acceptors (Lipinski definition) is 2. The molecule has 0 saturated carbocycles. The van der Waals surface area contributed by atoms with E-state index < -0.39 is 12.8 Å². The number of aryl methyl sites for hydroxylation is 1. The highest BCUT2D eigenvalue weighted by Gasteiger charge is 2.27. The van der Waals surface area contributed by atoms with Gasteiger partial charge < -0.3 is 15.4 Å². The van der Waals surface area contributed by atoms with Crippen LogP contribution >= 0.6 is 24.0 Å². The van der Waals surface area contributed by atoms with Crippen molar-refractivity contribution in [3.05, 3.63) is 35.1 Å². The number of guanidine groups is 1. The predicted octanol–water partition coefficient (Wildman–Crippen LogP) is 3.95. The third-order valence-electron chi connectivity index (χ3n) is 3.30. The Labute approximate surface area is 162 Å². The molecule has 0 aromatic heterocycles. The normalized spacial score (nSPS) is 13.2. The van der Waals surface area contributed by atoms with Crippen LogP contribution in [-0.2, 0) is 4.74 Å². The molecule has 144 valence electrons. The molecule has 0 aliphatic heterocycles. The molecule has 0 heterocycles. The van der Waals surface area contributed by atoms with Crippen LogP contribution in [0.4, 0.5) is 17.6 Å². The molecule has 0 fully saturated rings. The molecule has 0 amide bonds. The molecular formula is C16H24F4IN3O. The third-order valence-corrected chi connectivity index (χ3v) is 3.30. The van der Waals surface area contributed by atoms with Crippen molar-refractivity contribution in [2.24, 2.45) is 4.99 Å². The van der Waals surface area contributed by atoms with Crippen molar-refractivity contribution in [2.45, 2.75) is 32.5 Å². The van der Waals surface area contributed by atoms with Gasteiger partial charge in [-0.25, -0.2) is 4.39 Å². The summed E-state index contributed by atoms with van der Waals surface area (Å²) >= 11 is 0. The molecule has 1 aromatic rings. The highest BCUT2D eigenvalue weighted by molar-refractivity contribution is 14.0. The lowest BCUT2D eigenvalue weighted by atomic mass is 10.1. The van der Waals surface area contributed by atoms with Gasteiger partial charge in [-0.3, -0.25) is 4.99 Å². The predicted molar refractivity (Wildman–Crippen MR) is 101 cm³/mol. The zero-order chi connectivity index (χ0) is 18.2. The van der Waals surface area contributed by atoms with E-state index in [0.29, 0.717) is 24.5 Å². The van der Waals surface area contributed by atoms with Gasteiger partial charge in [-0.15, -0.1) is 24.0 Å². The highest BCUT2D eigenvalue weighted by Crippen LogP contribution is 2.16. The fraction of sp³-hybridized carbons (Fsp3) is 0.562. The summed E-state index contributed by atoms with van der Waals surface area (Å²) in [5, 5.41) is 6.07. The number of rotatable bonds is 7. The Bertz CT molecular complexity index is 553. The van der Waals surface area contributed by atoms with Gasteiger partial charge in [-0.2, -0.15) is 13.2 Å². The number of aliphatic imine (C=N–C) groups is 1. The molecule has 0 aliphatic rings. The average Bonchev–Trinajstić information content (AvgIpc) is 2.50. The monoisotopic (exact) mass is 477 g/mol. The van der Waals surface area contributed by atoms with Crippen molar-refractivity contribution in [3.63, 3.8) is 0 Å². The van der Waals surface area contributed by atoms with Crippen molar-refractivity contribution in [1.29, 1.82) is 0 Å². The lowest BCUT2D eigenvalue weighted by molar-refractivity contribution is -0.173. The van der Waals surface area contributed by atoms with Crippen molar-refractivity contribution in [3.8, 4) is 0 Å². The fourth-order valence-corrected chi connectivity index (χ4v) is 1.93. The molecule has 4 nitrogen and oxygen atoms in total. The number of ether oxygens (including phenoxy) is 1. The number of benzene rings is 1. The topological polar surface area (TPSA) is 45.7 Å². The van der Waals surface area contributed by atoms with E-state index in [1.807, 2.05) is 13.0 Å². The second-order valence-electron chi connectivity index (χ2n) is 5.39. The molecular weight excluding hydrogens is 453 g/mol. The van der Waals surface area contributed by atoms with Crippen molar-refractivity contribution >= 4 is 29.9 Å².